The van der Waals surface area contributed by atoms with E-state index in [0.29, 0.717) is 36.1 Å². The maximum Gasteiger partial charge on any atom is 0.270 e. The fourth-order valence-electron chi connectivity index (χ4n) is 3.28. The second kappa shape index (κ2) is 8.82. The van der Waals surface area contributed by atoms with E-state index >= 15 is 0 Å². The Balaban J connectivity index is 1.66. The first-order chi connectivity index (χ1) is 14.5. The maximum absolute atomic E-state index is 14.1. The van der Waals surface area contributed by atoms with Crippen LogP contribution in [0.1, 0.15) is 10.4 Å². The number of fused-ring (bicyclic) bond motifs is 1. The molecule has 1 aliphatic heterocycles. The molecule has 1 fully saturated rings. The standard InChI is InChI=1S/C20H19FN4O4S/c21-16-5-2-6-17-18(16)22-20(30-17)24(8-7-23-9-11-29-12-10-23)19(26)14-3-1-4-15(13-14)25(27)28/h1-6,13H,7-12H2. The van der Waals surface area contributed by atoms with Gasteiger partial charge in [0.25, 0.3) is 11.6 Å². The molecule has 3 aromatic rings. The van der Waals surface area contributed by atoms with E-state index in [-0.39, 0.29) is 16.8 Å². The van der Waals surface area contributed by atoms with Crippen molar-refractivity contribution in [2.45, 2.75) is 0 Å². The van der Waals surface area contributed by atoms with Crippen LogP contribution in [0.5, 0.6) is 0 Å². The number of rotatable bonds is 6. The zero-order valence-electron chi connectivity index (χ0n) is 16.0. The lowest BCUT2D eigenvalue weighted by atomic mass is 10.2. The number of para-hydroxylation sites is 1. The first-order valence-electron chi connectivity index (χ1n) is 9.44. The number of benzene rings is 2. The Bertz CT molecular complexity index is 1080. The summed E-state index contributed by atoms with van der Waals surface area (Å²) >= 11 is 1.22. The smallest absolute Gasteiger partial charge is 0.270 e. The summed E-state index contributed by atoms with van der Waals surface area (Å²) in [6.07, 6.45) is 0. The first-order valence-corrected chi connectivity index (χ1v) is 10.3. The molecule has 0 unspecified atom stereocenters. The van der Waals surface area contributed by atoms with Gasteiger partial charge in [0.05, 0.1) is 22.8 Å². The van der Waals surface area contributed by atoms with Crippen LogP contribution < -0.4 is 4.90 Å². The fourth-order valence-corrected chi connectivity index (χ4v) is 4.28. The molecule has 1 amide bonds. The van der Waals surface area contributed by atoms with E-state index in [1.54, 1.807) is 12.1 Å². The number of aromatic nitrogens is 1. The lowest BCUT2D eigenvalue weighted by Crippen LogP contribution is -2.43. The predicted molar refractivity (Wildman–Crippen MR) is 112 cm³/mol. The summed E-state index contributed by atoms with van der Waals surface area (Å²) in [5.74, 6) is -0.864. The van der Waals surface area contributed by atoms with Gasteiger partial charge in [-0.05, 0) is 18.2 Å². The van der Waals surface area contributed by atoms with Crippen molar-refractivity contribution in [3.05, 3.63) is 64.0 Å². The number of hydrogen-bond acceptors (Lipinski definition) is 7. The Labute approximate surface area is 175 Å². The number of halogens is 1. The number of non-ortho nitro benzene ring substituents is 1. The van der Waals surface area contributed by atoms with Crippen LogP contribution in [0.25, 0.3) is 10.2 Å². The Morgan fingerprint density at radius 1 is 1.27 bits per heavy atom. The lowest BCUT2D eigenvalue weighted by molar-refractivity contribution is -0.384. The minimum atomic E-state index is -0.540. The van der Waals surface area contributed by atoms with E-state index in [1.165, 1.54) is 46.6 Å². The second-order valence-corrected chi connectivity index (χ2v) is 7.81. The fraction of sp³-hybridized carbons (Fsp3) is 0.300. The third kappa shape index (κ3) is 4.30. The van der Waals surface area contributed by atoms with Gasteiger partial charge in [0.1, 0.15) is 11.3 Å². The molecular weight excluding hydrogens is 411 g/mol. The Hall–Kier alpha value is -2.95. The predicted octanol–water partition coefficient (Wildman–Crippen LogP) is 3.32. The number of nitrogens with zero attached hydrogens (tertiary/aromatic N) is 4. The highest BCUT2D eigenvalue weighted by Crippen LogP contribution is 2.31. The largest absolute Gasteiger partial charge is 0.379 e. The van der Waals surface area contributed by atoms with Crippen LogP contribution in [-0.2, 0) is 4.74 Å². The van der Waals surface area contributed by atoms with Crippen LogP contribution >= 0.6 is 11.3 Å². The highest BCUT2D eigenvalue weighted by atomic mass is 32.1. The molecule has 0 aliphatic carbocycles. The SMILES string of the molecule is O=C(c1cccc([N+](=O)[O-])c1)N(CCN1CCOCC1)c1nc2c(F)cccc2s1. The van der Waals surface area contributed by atoms with Crippen LogP contribution in [0.2, 0.25) is 0 Å². The first kappa shape index (κ1) is 20.3. The number of nitro groups is 1. The average Bonchev–Trinajstić information content (AvgIpc) is 3.20. The number of carbonyl (C=O) groups is 1. The molecule has 0 radical (unpaired) electrons. The summed E-state index contributed by atoms with van der Waals surface area (Å²) < 4.78 is 20.1. The molecule has 2 aromatic carbocycles. The van der Waals surface area contributed by atoms with Crippen molar-refractivity contribution >= 4 is 38.3 Å². The van der Waals surface area contributed by atoms with Crippen molar-refractivity contribution < 1.29 is 18.8 Å². The normalized spacial score (nSPS) is 14.7. The van der Waals surface area contributed by atoms with Crippen molar-refractivity contribution in [2.24, 2.45) is 0 Å². The molecule has 4 rings (SSSR count). The van der Waals surface area contributed by atoms with Gasteiger partial charge in [0.2, 0.25) is 0 Å². The second-order valence-electron chi connectivity index (χ2n) is 6.80. The molecule has 0 saturated carbocycles. The lowest BCUT2D eigenvalue weighted by Gasteiger charge is -2.29. The van der Waals surface area contributed by atoms with Crippen molar-refractivity contribution in [2.75, 3.05) is 44.3 Å². The average molecular weight is 430 g/mol. The maximum atomic E-state index is 14.1. The van der Waals surface area contributed by atoms with Crippen molar-refractivity contribution in [3.63, 3.8) is 0 Å². The van der Waals surface area contributed by atoms with Crippen molar-refractivity contribution in [3.8, 4) is 0 Å². The number of morpholine rings is 1. The number of anilines is 1. The number of hydrogen-bond donors (Lipinski definition) is 0. The monoisotopic (exact) mass is 430 g/mol. The van der Waals surface area contributed by atoms with E-state index in [1.807, 2.05) is 0 Å². The van der Waals surface area contributed by atoms with E-state index in [4.69, 9.17) is 4.74 Å². The van der Waals surface area contributed by atoms with Gasteiger partial charge in [-0.2, -0.15) is 0 Å². The summed E-state index contributed by atoms with van der Waals surface area (Å²) in [6, 6.07) is 10.3. The number of carbonyl (C=O) groups excluding carboxylic acids is 1. The molecule has 0 N–H and O–H groups in total. The number of amides is 1. The molecule has 1 aromatic heterocycles. The number of nitro benzene ring substituents is 1. The van der Waals surface area contributed by atoms with E-state index in [2.05, 4.69) is 9.88 Å². The van der Waals surface area contributed by atoms with E-state index < -0.39 is 16.6 Å². The summed E-state index contributed by atoms with van der Waals surface area (Å²) in [7, 11) is 0. The quantitative estimate of drug-likeness (QED) is 0.440. The van der Waals surface area contributed by atoms with Gasteiger partial charge in [0, 0.05) is 43.9 Å². The summed E-state index contributed by atoms with van der Waals surface area (Å²) in [5.41, 5.74) is 0.232. The topological polar surface area (TPSA) is 88.8 Å². The van der Waals surface area contributed by atoms with Crippen LogP contribution in [0.15, 0.2) is 42.5 Å². The van der Waals surface area contributed by atoms with Gasteiger partial charge in [-0.1, -0.05) is 23.5 Å². The zero-order valence-corrected chi connectivity index (χ0v) is 16.8. The molecule has 1 aliphatic rings. The van der Waals surface area contributed by atoms with Gasteiger partial charge in [-0.25, -0.2) is 9.37 Å². The number of ether oxygens (including phenoxy) is 1. The third-order valence-corrected chi connectivity index (χ3v) is 5.93. The number of thiazole rings is 1. The highest BCUT2D eigenvalue weighted by molar-refractivity contribution is 7.22. The third-order valence-electron chi connectivity index (χ3n) is 4.88. The van der Waals surface area contributed by atoms with Crippen molar-refractivity contribution in [1.29, 1.82) is 0 Å². The summed E-state index contributed by atoms with van der Waals surface area (Å²) in [4.78, 5) is 31.9. The molecule has 156 valence electrons. The molecule has 10 heteroatoms. The van der Waals surface area contributed by atoms with E-state index in [0.717, 1.165) is 13.1 Å². The Kier molecular flexibility index (Phi) is 5.98. The molecule has 0 spiro atoms. The van der Waals surface area contributed by atoms with Gasteiger partial charge in [-0.3, -0.25) is 24.7 Å². The van der Waals surface area contributed by atoms with Gasteiger partial charge in [-0.15, -0.1) is 0 Å². The van der Waals surface area contributed by atoms with Crippen LogP contribution in [0.4, 0.5) is 15.2 Å². The van der Waals surface area contributed by atoms with Crippen molar-refractivity contribution in [1.82, 2.24) is 9.88 Å². The molecule has 1 saturated heterocycles. The highest BCUT2D eigenvalue weighted by Gasteiger charge is 2.24. The minimum Gasteiger partial charge on any atom is -0.379 e. The Morgan fingerprint density at radius 3 is 2.77 bits per heavy atom. The molecule has 30 heavy (non-hydrogen) atoms. The van der Waals surface area contributed by atoms with Gasteiger partial charge in [0.15, 0.2) is 5.13 Å². The summed E-state index contributed by atoms with van der Waals surface area (Å²) in [5, 5.41) is 11.5. The molecule has 8 nitrogen and oxygen atoms in total. The molecular formula is C20H19FN4O4S. The van der Waals surface area contributed by atoms with Gasteiger partial charge < -0.3 is 4.74 Å². The molecule has 2 heterocycles. The zero-order chi connectivity index (χ0) is 21.1. The molecule has 0 bridgehead atoms. The van der Waals surface area contributed by atoms with Crippen LogP contribution in [0.3, 0.4) is 0 Å². The van der Waals surface area contributed by atoms with Crippen LogP contribution in [-0.4, -0.2) is 60.1 Å². The Morgan fingerprint density at radius 2 is 2.03 bits per heavy atom. The van der Waals surface area contributed by atoms with Gasteiger partial charge >= 0.3 is 0 Å². The molecule has 0 atom stereocenters. The summed E-state index contributed by atoms with van der Waals surface area (Å²) in [6.45, 7) is 3.68. The van der Waals surface area contributed by atoms with E-state index in [9.17, 15) is 19.3 Å². The minimum absolute atomic E-state index is 0.163. The van der Waals surface area contributed by atoms with Crippen LogP contribution in [0, 0.1) is 15.9 Å².